The minimum absolute atomic E-state index is 0.0903. The maximum Gasteiger partial charge on any atom is 0.335 e. The smallest absolute Gasteiger partial charge is 0.335 e. The molecule has 4 rings (SSSR count). The number of rotatable bonds is 7. The molecule has 0 atom stereocenters. The first-order chi connectivity index (χ1) is 17.7. The Morgan fingerprint density at radius 3 is 2.51 bits per heavy atom. The first-order valence-corrected chi connectivity index (χ1v) is 12.1. The molecule has 1 heterocycles. The van der Waals surface area contributed by atoms with Crippen molar-refractivity contribution in [2.75, 3.05) is 12.0 Å². The minimum Gasteiger partial charge on any atom is -0.493 e. The van der Waals surface area contributed by atoms with E-state index in [9.17, 15) is 24.3 Å². The van der Waals surface area contributed by atoms with Crippen molar-refractivity contribution in [1.82, 2.24) is 5.32 Å². The molecule has 1 aliphatic rings. The van der Waals surface area contributed by atoms with Crippen LogP contribution in [0.2, 0.25) is 5.02 Å². The van der Waals surface area contributed by atoms with Gasteiger partial charge in [0.05, 0.1) is 21.9 Å². The first-order valence-electron chi connectivity index (χ1n) is 10.7. The van der Waals surface area contributed by atoms with Crippen molar-refractivity contribution in [2.24, 2.45) is 0 Å². The molecule has 0 radical (unpaired) electrons. The van der Waals surface area contributed by atoms with Crippen LogP contribution in [0.3, 0.4) is 0 Å². The maximum absolute atomic E-state index is 13.1. The van der Waals surface area contributed by atoms with E-state index in [1.54, 1.807) is 24.3 Å². The highest BCUT2D eigenvalue weighted by Gasteiger charge is 2.36. The fourth-order valence-electron chi connectivity index (χ4n) is 3.56. The molecule has 3 aromatic rings. The van der Waals surface area contributed by atoms with Gasteiger partial charge in [0.25, 0.3) is 11.8 Å². The highest BCUT2D eigenvalue weighted by molar-refractivity contribution is 14.1. The Kier molecular flexibility index (Phi) is 7.79. The number of hydrogen-bond acceptors (Lipinski definition) is 6. The summed E-state index contributed by atoms with van der Waals surface area (Å²) in [5, 5.41) is 11.8. The van der Waals surface area contributed by atoms with Crippen LogP contribution in [0.15, 0.2) is 66.2 Å². The zero-order valence-electron chi connectivity index (χ0n) is 19.2. The summed E-state index contributed by atoms with van der Waals surface area (Å²) in [4.78, 5) is 50.1. The van der Waals surface area contributed by atoms with Crippen molar-refractivity contribution in [3.05, 3.63) is 91.5 Å². The number of ether oxygens (including phenoxy) is 2. The lowest BCUT2D eigenvalue weighted by Crippen LogP contribution is -2.54. The number of urea groups is 1. The maximum atomic E-state index is 13.1. The number of carbonyl (C=O) groups is 4. The summed E-state index contributed by atoms with van der Waals surface area (Å²) in [5.41, 5.74) is 1.27. The Morgan fingerprint density at radius 2 is 1.84 bits per heavy atom. The van der Waals surface area contributed by atoms with Crippen LogP contribution in [-0.2, 0) is 16.2 Å². The third-order valence-corrected chi connectivity index (χ3v) is 6.36. The summed E-state index contributed by atoms with van der Waals surface area (Å²) in [7, 11) is 1.44. The van der Waals surface area contributed by atoms with E-state index in [1.165, 1.54) is 49.6 Å². The average molecular weight is 633 g/mol. The monoisotopic (exact) mass is 632 g/mol. The number of carboxylic acids is 1. The topological polar surface area (TPSA) is 122 Å². The van der Waals surface area contributed by atoms with Crippen LogP contribution >= 0.6 is 34.2 Å². The second-order valence-electron chi connectivity index (χ2n) is 7.76. The van der Waals surface area contributed by atoms with Crippen molar-refractivity contribution in [3.8, 4) is 11.5 Å². The highest BCUT2D eigenvalue weighted by Crippen LogP contribution is 2.35. The number of halogens is 2. The molecule has 0 aromatic heterocycles. The van der Waals surface area contributed by atoms with Crippen LogP contribution in [0.1, 0.15) is 21.5 Å². The molecular formula is C26H18ClIN2O7. The lowest BCUT2D eigenvalue weighted by Gasteiger charge is -2.26. The van der Waals surface area contributed by atoms with E-state index >= 15 is 0 Å². The van der Waals surface area contributed by atoms with Crippen molar-refractivity contribution in [1.29, 1.82) is 0 Å². The van der Waals surface area contributed by atoms with Gasteiger partial charge in [-0.1, -0.05) is 23.7 Å². The molecule has 2 N–H and O–H groups in total. The van der Waals surface area contributed by atoms with Crippen LogP contribution in [-0.4, -0.2) is 36.0 Å². The molecule has 0 saturated carbocycles. The van der Waals surface area contributed by atoms with E-state index in [0.29, 0.717) is 31.2 Å². The Labute approximate surface area is 229 Å². The molecule has 0 unspecified atom stereocenters. The van der Waals surface area contributed by atoms with Crippen LogP contribution in [0.5, 0.6) is 11.5 Å². The Hall–Kier alpha value is -3.90. The Morgan fingerprint density at radius 1 is 1.11 bits per heavy atom. The molecule has 188 valence electrons. The Balaban J connectivity index is 1.62. The molecule has 0 aliphatic carbocycles. The van der Waals surface area contributed by atoms with Gasteiger partial charge in [0.2, 0.25) is 0 Å². The lowest BCUT2D eigenvalue weighted by atomic mass is 10.1. The number of nitrogens with zero attached hydrogens (tertiary/aromatic N) is 1. The van der Waals surface area contributed by atoms with Gasteiger partial charge in [-0.3, -0.25) is 14.9 Å². The summed E-state index contributed by atoms with van der Waals surface area (Å²) in [6.07, 6.45) is 1.36. The van der Waals surface area contributed by atoms with Crippen LogP contribution < -0.4 is 19.7 Å². The number of imide groups is 2. The van der Waals surface area contributed by atoms with Gasteiger partial charge in [-0.25, -0.2) is 14.5 Å². The SMILES string of the molecule is COc1cc(/C=C2\C(=O)NC(=O)N(c3ccc(Cl)cc3)C2=O)cc(I)c1OCc1cccc(C(=O)O)c1. The average Bonchev–Trinajstić information content (AvgIpc) is 2.86. The van der Waals surface area contributed by atoms with Gasteiger partial charge >= 0.3 is 12.0 Å². The number of carbonyl (C=O) groups excluding carboxylic acids is 3. The molecule has 4 amide bonds. The zero-order valence-corrected chi connectivity index (χ0v) is 22.1. The van der Waals surface area contributed by atoms with Crippen LogP contribution in [0.4, 0.5) is 10.5 Å². The van der Waals surface area contributed by atoms with E-state index in [0.717, 1.165) is 4.90 Å². The lowest BCUT2D eigenvalue weighted by molar-refractivity contribution is -0.122. The second kappa shape index (κ2) is 11.0. The summed E-state index contributed by atoms with van der Waals surface area (Å²) in [6.45, 7) is 0.0903. The molecule has 1 aliphatic heterocycles. The van der Waals surface area contributed by atoms with Gasteiger partial charge in [-0.2, -0.15) is 0 Å². The fraction of sp³-hybridized carbons (Fsp3) is 0.0769. The molecular weight excluding hydrogens is 615 g/mol. The quantitative estimate of drug-likeness (QED) is 0.216. The van der Waals surface area contributed by atoms with E-state index < -0.39 is 23.8 Å². The highest BCUT2D eigenvalue weighted by atomic mass is 127. The summed E-state index contributed by atoms with van der Waals surface area (Å²) in [6, 6.07) is 14.8. The van der Waals surface area contributed by atoms with Gasteiger partial charge in [0, 0.05) is 5.02 Å². The first kappa shape index (κ1) is 26.2. The molecule has 9 nitrogen and oxygen atoms in total. The van der Waals surface area contributed by atoms with Crippen LogP contribution in [0.25, 0.3) is 6.08 Å². The summed E-state index contributed by atoms with van der Waals surface area (Å²) in [5.74, 6) is -1.91. The van der Waals surface area contributed by atoms with Crippen LogP contribution in [0, 0.1) is 3.57 Å². The van der Waals surface area contributed by atoms with Gasteiger partial charge in [-0.05, 0) is 88.3 Å². The van der Waals surface area contributed by atoms with Crippen molar-refractivity contribution >= 4 is 69.8 Å². The predicted molar refractivity (Wildman–Crippen MR) is 144 cm³/mol. The van der Waals surface area contributed by atoms with Gasteiger partial charge in [0.15, 0.2) is 11.5 Å². The number of aromatic carboxylic acids is 1. The van der Waals surface area contributed by atoms with E-state index in [1.807, 2.05) is 22.6 Å². The van der Waals surface area contributed by atoms with Crippen molar-refractivity contribution < 1.29 is 33.8 Å². The summed E-state index contributed by atoms with van der Waals surface area (Å²) < 4.78 is 12.0. The van der Waals surface area contributed by atoms with Crippen molar-refractivity contribution in [2.45, 2.75) is 6.61 Å². The molecule has 1 saturated heterocycles. The number of carboxylic acid groups (broad SMARTS) is 1. The number of nitrogens with one attached hydrogen (secondary N) is 1. The van der Waals surface area contributed by atoms with E-state index in [4.69, 9.17) is 21.1 Å². The Bertz CT molecular complexity index is 1450. The standard InChI is InChI=1S/C26H18ClIN2O7/c1-36-21-12-15(11-20(28)22(21)37-13-14-3-2-4-16(9-14)25(33)34)10-19-23(31)29-26(35)30(24(19)32)18-7-5-17(27)6-8-18/h2-12H,13H2,1H3,(H,33,34)(H,29,31,35)/b19-10+. The fourth-order valence-corrected chi connectivity index (χ4v) is 4.47. The number of benzene rings is 3. The number of amides is 4. The number of barbiturate groups is 1. The van der Waals surface area contributed by atoms with E-state index in [2.05, 4.69) is 5.32 Å². The molecule has 1 fully saturated rings. The predicted octanol–water partition coefficient (Wildman–Crippen LogP) is 4.90. The number of anilines is 1. The number of hydrogen-bond donors (Lipinski definition) is 2. The molecule has 0 bridgehead atoms. The molecule has 37 heavy (non-hydrogen) atoms. The largest absolute Gasteiger partial charge is 0.493 e. The minimum atomic E-state index is -1.04. The zero-order chi connectivity index (χ0) is 26.7. The summed E-state index contributed by atoms with van der Waals surface area (Å²) >= 11 is 7.93. The number of methoxy groups -OCH3 is 1. The third kappa shape index (κ3) is 5.75. The van der Waals surface area contributed by atoms with Gasteiger partial charge < -0.3 is 14.6 Å². The normalized spacial score (nSPS) is 14.5. The second-order valence-corrected chi connectivity index (χ2v) is 9.36. The third-order valence-electron chi connectivity index (χ3n) is 5.31. The van der Waals surface area contributed by atoms with Gasteiger partial charge in [-0.15, -0.1) is 0 Å². The van der Waals surface area contributed by atoms with Crippen molar-refractivity contribution in [3.63, 3.8) is 0 Å². The molecule has 11 heteroatoms. The molecule has 0 spiro atoms. The van der Waals surface area contributed by atoms with Gasteiger partial charge in [0.1, 0.15) is 12.2 Å². The van der Waals surface area contributed by atoms with E-state index in [-0.39, 0.29) is 23.4 Å². The molecule has 3 aromatic carbocycles.